The summed E-state index contributed by atoms with van der Waals surface area (Å²) in [5, 5.41) is 3.40. The third-order valence-corrected chi connectivity index (χ3v) is 4.40. The number of hydrogen-bond donors (Lipinski definition) is 1. The van der Waals surface area contributed by atoms with Gasteiger partial charge in [-0.05, 0) is 60.1 Å². The van der Waals surface area contributed by atoms with E-state index in [1.165, 1.54) is 12.5 Å². The van der Waals surface area contributed by atoms with Gasteiger partial charge in [0.1, 0.15) is 5.82 Å². The van der Waals surface area contributed by atoms with Gasteiger partial charge < -0.3 is 5.32 Å². The molecule has 1 saturated heterocycles. The number of nitrogens with zero attached hydrogens (tertiary/aromatic N) is 1. The summed E-state index contributed by atoms with van der Waals surface area (Å²) in [6.45, 7) is 7.55. The van der Waals surface area contributed by atoms with Gasteiger partial charge in [-0.15, -0.1) is 0 Å². The van der Waals surface area contributed by atoms with Crippen LogP contribution in [0.1, 0.15) is 31.9 Å². The van der Waals surface area contributed by atoms with Gasteiger partial charge in [0, 0.05) is 18.6 Å². The number of rotatable bonds is 4. The van der Waals surface area contributed by atoms with Crippen molar-refractivity contribution in [3.8, 4) is 0 Å². The van der Waals surface area contributed by atoms with Gasteiger partial charge in [0.2, 0.25) is 0 Å². The van der Waals surface area contributed by atoms with E-state index in [9.17, 15) is 4.39 Å². The van der Waals surface area contributed by atoms with Crippen molar-refractivity contribution in [2.45, 2.75) is 32.4 Å². The van der Waals surface area contributed by atoms with Crippen molar-refractivity contribution in [3.63, 3.8) is 0 Å². The summed E-state index contributed by atoms with van der Waals surface area (Å²) >= 11 is 3.26. The SMILES string of the molecule is CCN(C1CCNC1)C(C)c1ccc(F)c(Br)c1. The number of benzene rings is 1. The van der Waals surface area contributed by atoms with Crippen LogP contribution in [0.15, 0.2) is 22.7 Å². The summed E-state index contributed by atoms with van der Waals surface area (Å²) in [6.07, 6.45) is 1.19. The van der Waals surface area contributed by atoms with Crippen molar-refractivity contribution in [1.82, 2.24) is 10.2 Å². The zero-order valence-electron chi connectivity index (χ0n) is 10.9. The Morgan fingerprint density at radius 1 is 1.56 bits per heavy atom. The van der Waals surface area contributed by atoms with Gasteiger partial charge >= 0.3 is 0 Å². The first-order chi connectivity index (χ1) is 8.63. The maximum absolute atomic E-state index is 13.3. The number of hydrogen-bond acceptors (Lipinski definition) is 2. The molecule has 1 aromatic carbocycles. The van der Waals surface area contributed by atoms with E-state index in [4.69, 9.17) is 0 Å². The number of likely N-dealkylation sites (N-methyl/N-ethyl adjacent to an activating group) is 1. The molecule has 1 N–H and O–H groups in total. The van der Waals surface area contributed by atoms with Crippen LogP contribution < -0.4 is 5.32 Å². The van der Waals surface area contributed by atoms with Crippen molar-refractivity contribution in [1.29, 1.82) is 0 Å². The van der Waals surface area contributed by atoms with E-state index < -0.39 is 0 Å². The van der Waals surface area contributed by atoms with Gasteiger partial charge in [-0.25, -0.2) is 4.39 Å². The number of halogens is 2. The fourth-order valence-electron chi connectivity index (χ4n) is 2.73. The summed E-state index contributed by atoms with van der Waals surface area (Å²) < 4.78 is 13.8. The Balaban J connectivity index is 2.16. The minimum absolute atomic E-state index is 0.198. The fraction of sp³-hybridized carbons (Fsp3) is 0.571. The van der Waals surface area contributed by atoms with Gasteiger partial charge in [-0.3, -0.25) is 4.90 Å². The molecule has 0 aliphatic carbocycles. The standard InChI is InChI=1S/C14H20BrFN2/c1-3-18(12-6-7-17-9-12)10(2)11-4-5-14(16)13(15)8-11/h4-5,8,10,12,17H,3,6-7,9H2,1-2H3. The molecular formula is C14H20BrFN2. The van der Waals surface area contributed by atoms with Gasteiger partial charge in [-0.2, -0.15) is 0 Å². The Hall–Kier alpha value is -0.450. The minimum atomic E-state index is -0.198. The highest BCUT2D eigenvalue weighted by Gasteiger charge is 2.25. The maximum atomic E-state index is 13.3. The zero-order chi connectivity index (χ0) is 13.1. The van der Waals surface area contributed by atoms with E-state index in [0.29, 0.717) is 16.6 Å². The minimum Gasteiger partial charge on any atom is -0.315 e. The Bertz CT molecular complexity index is 405. The Morgan fingerprint density at radius 2 is 2.33 bits per heavy atom. The molecule has 2 atom stereocenters. The molecule has 2 nitrogen and oxygen atoms in total. The number of nitrogens with one attached hydrogen (secondary N) is 1. The third-order valence-electron chi connectivity index (χ3n) is 3.79. The zero-order valence-corrected chi connectivity index (χ0v) is 12.5. The molecule has 2 unspecified atom stereocenters. The first-order valence-electron chi connectivity index (χ1n) is 6.55. The van der Waals surface area contributed by atoms with Crippen molar-refractivity contribution in [2.75, 3.05) is 19.6 Å². The van der Waals surface area contributed by atoms with Crippen molar-refractivity contribution in [2.24, 2.45) is 0 Å². The highest BCUT2D eigenvalue weighted by Crippen LogP contribution is 2.27. The highest BCUT2D eigenvalue weighted by atomic mass is 79.9. The molecule has 0 saturated carbocycles. The molecular weight excluding hydrogens is 295 g/mol. The fourth-order valence-corrected chi connectivity index (χ4v) is 3.13. The van der Waals surface area contributed by atoms with Crippen LogP contribution in [0, 0.1) is 5.82 Å². The molecule has 0 spiro atoms. The molecule has 1 fully saturated rings. The van der Waals surface area contributed by atoms with E-state index in [-0.39, 0.29) is 5.82 Å². The maximum Gasteiger partial charge on any atom is 0.137 e. The van der Waals surface area contributed by atoms with Crippen molar-refractivity contribution < 1.29 is 4.39 Å². The molecule has 2 rings (SSSR count). The molecule has 0 aromatic heterocycles. The molecule has 0 amide bonds. The molecule has 1 heterocycles. The smallest absolute Gasteiger partial charge is 0.137 e. The Labute approximate surface area is 117 Å². The van der Waals surface area contributed by atoms with E-state index in [1.54, 1.807) is 0 Å². The average molecular weight is 315 g/mol. The molecule has 1 aliphatic heterocycles. The van der Waals surface area contributed by atoms with E-state index >= 15 is 0 Å². The molecule has 0 radical (unpaired) electrons. The van der Waals surface area contributed by atoms with Crippen LogP contribution in [0.3, 0.4) is 0 Å². The van der Waals surface area contributed by atoms with Crippen LogP contribution in [0.4, 0.5) is 4.39 Å². The summed E-state index contributed by atoms with van der Waals surface area (Å²) in [5.74, 6) is -0.198. The first-order valence-corrected chi connectivity index (χ1v) is 7.34. The average Bonchev–Trinajstić information content (AvgIpc) is 2.87. The lowest BCUT2D eigenvalue weighted by Gasteiger charge is -2.33. The van der Waals surface area contributed by atoms with E-state index in [2.05, 4.69) is 40.0 Å². The third kappa shape index (κ3) is 2.92. The topological polar surface area (TPSA) is 15.3 Å². The van der Waals surface area contributed by atoms with Crippen LogP contribution in [0.25, 0.3) is 0 Å². The molecule has 18 heavy (non-hydrogen) atoms. The predicted octanol–water partition coefficient (Wildman–Crippen LogP) is 3.33. The second-order valence-electron chi connectivity index (χ2n) is 4.83. The van der Waals surface area contributed by atoms with Crippen LogP contribution >= 0.6 is 15.9 Å². The summed E-state index contributed by atoms with van der Waals surface area (Å²) in [7, 11) is 0. The molecule has 0 bridgehead atoms. The lowest BCUT2D eigenvalue weighted by Crippen LogP contribution is -2.38. The van der Waals surface area contributed by atoms with Crippen molar-refractivity contribution in [3.05, 3.63) is 34.1 Å². The molecule has 1 aliphatic rings. The second kappa shape index (κ2) is 6.13. The second-order valence-corrected chi connectivity index (χ2v) is 5.68. The lowest BCUT2D eigenvalue weighted by atomic mass is 10.0. The van der Waals surface area contributed by atoms with Gasteiger partial charge in [0.15, 0.2) is 0 Å². The van der Waals surface area contributed by atoms with Gasteiger partial charge in [0.05, 0.1) is 4.47 Å². The Kier molecular flexibility index (Phi) is 4.76. The van der Waals surface area contributed by atoms with E-state index in [0.717, 1.165) is 25.2 Å². The van der Waals surface area contributed by atoms with Crippen LogP contribution in [-0.4, -0.2) is 30.6 Å². The van der Waals surface area contributed by atoms with Crippen molar-refractivity contribution >= 4 is 15.9 Å². The first kappa shape index (κ1) is 14.0. The van der Waals surface area contributed by atoms with E-state index in [1.807, 2.05) is 12.1 Å². The summed E-state index contributed by atoms with van der Waals surface area (Å²) in [5.41, 5.74) is 1.16. The normalized spacial score (nSPS) is 21.5. The van der Waals surface area contributed by atoms with Gasteiger partial charge in [0.25, 0.3) is 0 Å². The van der Waals surface area contributed by atoms with Gasteiger partial charge in [-0.1, -0.05) is 13.0 Å². The summed E-state index contributed by atoms with van der Waals surface area (Å²) in [4.78, 5) is 2.49. The van der Waals surface area contributed by atoms with Crippen LogP contribution in [0.2, 0.25) is 0 Å². The lowest BCUT2D eigenvalue weighted by molar-refractivity contribution is 0.162. The quantitative estimate of drug-likeness (QED) is 0.917. The molecule has 1 aromatic rings. The van der Waals surface area contributed by atoms with Crippen LogP contribution in [0.5, 0.6) is 0 Å². The molecule has 4 heteroatoms. The molecule has 100 valence electrons. The predicted molar refractivity (Wildman–Crippen MR) is 76.2 cm³/mol. The Morgan fingerprint density at radius 3 is 2.89 bits per heavy atom. The largest absolute Gasteiger partial charge is 0.315 e. The monoisotopic (exact) mass is 314 g/mol. The highest BCUT2D eigenvalue weighted by molar-refractivity contribution is 9.10. The summed E-state index contributed by atoms with van der Waals surface area (Å²) in [6, 6.07) is 6.22. The van der Waals surface area contributed by atoms with Crippen LogP contribution in [-0.2, 0) is 0 Å².